The lowest BCUT2D eigenvalue weighted by Gasteiger charge is -2.32. The molecule has 6 heteroatoms. The maximum absolute atomic E-state index is 12.1. The van der Waals surface area contributed by atoms with E-state index in [2.05, 4.69) is 20.5 Å². The first-order valence-corrected chi connectivity index (χ1v) is 7.87. The molecule has 0 spiro atoms. The molecule has 3 N–H and O–H groups in total. The minimum atomic E-state index is -0.368. The molecule has 0 saturated heterocycles. The molecule has 0 aromatic carbocycles. The minimum absolute atomic E-state index is 0.118. The van der Waals surface area contributed by atoms with E-state index in [0.717, 1.165) is 49.9 Å². The van der Waals surface area contributed by atoms with Gasteiger partial charge in [0.15, 0.2) is 0 Å². The molecule has 1 aromatic heterocycles. The SMILES string of the molecule is CCc1nnc(NC(=O)CC2(N)CCCCC2)nc1CC. The first-order valence-electron chi connectivity index (χ1n) is 7.87. The molecule has 21 heavy (non-hydrogen) atoms. The van der Waals surface area contributed by atoms with Crippen LogP contribution in [0.4, 0.5) is 5.95 Å². The standard InChI is InChI=1S/C15H25N5O/c1-3-11-12(4-2)19-20-14(17-11)18-13(21)10-15(16)8-6-5-7-9-15/h3-10,16H2,1-2H3,(H,17,18,20,21). The van der Waals surface area contributed by atoms with Crippen LogP contribution in [0, 0.1) is 0 Å². The van der Waals surface area contributed by atoms with E-state index in [-0.39, 0.29) is 17.4 Å². The summed E-state index contributed by atoms with van der Waals surface area (Å²) in [7, 11) is 0. The molecule has 1 aliphatic rings. The Morgan fingerprint density at radius 2 is 1.81 bits per heavy atom. The molecule has 2 rings (SSSR count). The third-order valence-corrected chi connectivity index (χ3v) is 4.12. The van der Waals surface area contributed by atoms with Gasteiger partial charge in [0.05, 0.1) is 11.4 Å². The molecular weight excluding hydrogens is 266 g/mol. The highest BCUT2D eigenvalue weighted by atomic mass is 16.1. The molecule has 1 heterocycles. The lowest BCUT2D eigenvalue weighted by Crippen LogP contribution is -2.44. The van der Waals surface area contributed by atoms with E-state index >= 15 is 0 Å². The van der Waals surface area contributed by atoms with Crippen LogP contribution in [-0.4, -0.2) is 26.6 Å². The number of carbonyl (C=O) groups is 1. The monoisotopic (exact) mass is 291 g/mol. The van der Waals surface area contributed by atoms with Gasteiger partial charge in [-0.25, -0.2) is 4.98 Å². The van der Waals surface area contributed by atoms with Gasteiger partial charge < -0.3 is 5.73 Å². The Kier molecular flexibility index (Phi) is 5.22. The fourth-order valence-corrected chi connectivity index (χ4v) is 2.91. The molecule has 1 aromatic rings. The normalized spacial score (nSPS) is 17.5. The van der Waals surface area contributed by atoms with E-state index in [0.29, 0.717) is 6.42 Å². The van der Waals surface area contributed by atoms with Crippen LogP contribution in [0.3, 0.4) is 0 Å². The van der Waals surface area contributed by atoms with Gasteiger partial charge in [-0.05, 0) is 25.7 Å². The van der Waals surface area contributed by atoms with E-state index in [4.69, 9.17) is 5.73 Å². The van der Waals surface area contributed by atoms with Crippen LogP contribution in [0.2, 0.25) is 0 Å². The number of carbonyl (C=O) groups excluding carboxylic acids is 1. The average Bonchev–Trinajstić information content (AvgIpc) is 2.47. The Hall–Kier alpha value is -1.56. The van der Waals surface area contributed by atoms with Crippen molar-refractivity contribution in [2.75, 3.05) is 5.32 Å². The van der Waals surface area contributed by atoms with Gasteiger partial charge >= 0.3 is 0 Å². The highest BCUT2D eigenvalue weighted by Gasteiger charge is 2.30. The van der Waals surface area contributed by atoms with E-state index in [9.17, 15) is 4.79 Å². The quantitative estimate of drug-likeness (QED) is 0.865. The maximum Gasteiger partial charge on any atom is 0.249 e. The predicted molar refractivity (Wildman–Crippen MR) is 81.8 cm³/mol. The summed E-state index contributed by atoms with van der Waals surface area (Å²) in [6.45, 7) is 4.04. The molecule has 116 valence electrons. The Labute approximate surface area is 125 Å². The van der Waals surface area contributed by atoms with Crippen LogP contribution in [0.1, 0.15) is 63.8 Å². The molecule has 0 bridgehead atoms. The van der Waals surface area contributed by atoms with Crippen LogP contribution in [0.5, 0.6) is 0 Å². The summed E-state index contributed by atoms with van der Waals surface area (Å²) >= 11 is 0. The van der Waals surface area contributed by atoms with Crippen molar-refractivity contribution in [1.29, 1.82) is 0 Å². The molecule has 1 saturated carbocycles. The number of aromatic nitrogens is 3. The average molecular weight is 291 g/mol. The Morgan fingerprint density at radius 1 is 1.14 bits per heavy atom. The Morgan fingerprint density at radius 3 is 2.43 bits per heavy atom. The lowest BCUT2D eigenvalue weighted by atomic mass is 9.80. The van der Waals surface area contributed by atoms with E-state index in [1.165, 1.54) is 6.42 Å². The molecule has 0 radical (unpaired) electrons. The highest BCUT2D eigenvalue weighted by Crippen LogP contribution is 2.28. The Bertz CT molecular complexity index is 497. The number of aryl methyl sites for hydroxylation is 2. The smallest absolute Gasteiger partial charge is 0.249 e. The summed E-state index contributed by atoms with van der Waals surface area (Å²) in [6.07, 6.45) is 7.15. The molecule has 6 nitrogen and oxygen atoms in total. The molecule has 1 fully saturated rings. The molecule has 1 aliphatic carbocycles. The second-order valence-corrected chi connectivity index (χ2v) is 5.88. The fraction of sp³-hybridized carbons (Fsp3) is 0.733. The predicted octanol–water partition coefficient (Wildman–Crippen LogP) is 1.99. The molecule has 0 atom stereocenters. The largest absolute Gasteiger partial charge is 0.325 e. The van der Waals surface area contributed by atoms with Crippen molar-refractivity contribution >= 4 is 11.9 Å². The van der Waals surface area contributed by atoms with E-state index in [1.807, 2.05) is 13.8 Å². The summed E-state index contributed by atoms with van der Waals surface area (Å²) in [6, 6.07) is 0. The fourth-order valence-electron chi connectivity index (χ4n) is 2.91. The third kappa shape index (κ3) is 4.20. The topological polar surface area (TPSA) is 93.8 Å². The molecule has 0 unspecified atom stereocenters. The lowest BCUT2D eigenvalue weighted by molar-refractivity contribution is -0.117. The van der Waals surface area contributed by atoms with Crippen molar-refractivity contribution < 1.29 is 4.79 Å². The summed E-state index contributed by atoms with van der Waals surface area (Å²) in [4.78, 5) is 16.5. The minimum Gasteiger partial charge on any atom is -0.325 e. The van der Waals surface area contributed by atoms with Crippen LogP contribution < -0.4 is 11.1 Å². The maximum atomic E-state index is 12.1. The van der Waals surface area contributed by atoms with Gasteiger partial charge in [-0.1, -0.05) is 33.1 Å². The van der Waals surface area contributed by atoms with Crippen LogP contribution in [0.15, 0.2) is 0 Å². The van der Waals surface area contributed by atoms with Gasteiger partial charge in [-0.15, -0.1) is 10.2 Å². The first-order chi connectivity index (χ1) is 10.1. The summed E-state index contributed by atoms with van der Waals surface area (Å²) in [5, 5.41) is 10.8. The second kappa shape index (κ2) is 6.93. The zero-order chi connectivity index (χ0) is 15.3. The summed E-state index contributed by atoms with van der Waals surface area (Å²) < 4.78 is 0. The van der Waals surface area contributed by atoms with Crippen molar-refractivity contribution in [1.82, 2.24) is 15.2 Å². The van der Waals surface area contributed by atoms with Gasteiger partial charge in [-0.2, -0.15) is 0 Å². The van der Waals surface area contributed by atoms with Crippen molar-refractivity contribution in [3.05, 3.63) is 11.4 Å². The zero-order valence-electron chi connectivity index (χ0n) is 13.0. The van der Waals surface area contributed by atoms with E-state index in [1.54, 1.807) is 0 Å². The van der Waals surface area contributed by atoms with Crippen LogP contribution >= 0.6 is 0 Å². The van der Waals surface area contributed by atoms with Crippen molar-refractivity contribution in [2.24, 2.45) is 5.73 Å². The molecule has 0 aliphatic heterocycles. The number of nitrogens with one attached hydrogen (secondary N) is 1. The molecular formula is C15H25N5O. The number of nitrogens with zero attached hydrogens (tertiary/aromatic N) is 3. The van der Waals surface area contributed by atoms with Crippen molar-refractivity contribution in [3.63, 3.8) is 0 Å². The highest BCUT2D eigenvalue weighted by molar-refractivity contribution is 5.89. The van der Waals surface area contributed by atoms with Crippen LogP contribution in [0.25, 0.3) is 0 Å². The van der Waals surface area contributed by atoms with Gasteiger partial charge in [0, 0.05) is 12.0 Å². The second-order valence-electron chi connectivity index (χ2n) is 5.88. The van der Waals surface area contributed by atoms with Gasteiger partial charge in [-0.3, -0.25) is 10.1 Å². The molecule has 1 amide bonds. The number of anilines is 1. The third-order valence-electron chi connectivity index (χ3n) is 4.12. The first kappa shape index (κ1) is 15.8. The van der Waals surface area contributed by atoms with Crippen molar-refractivity contribution in [2.45, 2.75) is 70.8 Å². The van der Waals surface area contributed by atoms with Gasteiger partial charge in [0.25, 0.3) is 0 Å². The number of rotatable bonds is 5. The number of hydrogen-bond acceptors (Lipinski definition) is 5. The van der Waals surface area contributed by atoms with E-state index < -0.39 is 0 Å². The van der Waals surface area contributed by atoms with Crippen molar-refractivity contribution in [3.8, 4) is 0 Å². The van der Waals surface area contributed by atoms with Gasteiger partial charge in [0.2, 0.25) is 11.9 Å². The summed E-state index contributed by atoms with van der Waals surface area (Å²) in [5.74, 6) is 0.168. The number of amides is 1. The Balaban J connectivity index is 1.99. The number of hydrogen-bond donors (Lipinski definition) is 2. The summed E-state index contributed by atoms with van der Waals surface area (Å²) in [5.41, 5.74) is 7.71. The zero-order valence-corrected chi connectivity index (χ0v) is 13.0. The van der Waals surface area contributed by atoms with Gasteiger partial charge in [0.1, 0.15) is 0 Å². The van der Waals surface area contributed by atoms with Crippen LogP contribution in [-0.2, 0) is 17.6 Å². The number of nitrogens with two attached hydrogens (primary N) is 1.